The van der Waals surface area contributed by atoms with E-state index in [0.717, 1.165) is 30.3 Å². The fourth-order valence-corrected chi connectivity index (χ4v) is 2.87. The number of nitrogens with two attached hydrogens (primary N) is 1. The van der Waals surface area contributed by atoms with Crippen LogP contribution in [0.4, 0.5) is 10.1 Å². The summed E-state index contributed by atoms with van der Waals surface area (Å²) in [5.41, 5.74) is 7.99. The molecule has 2 rings (SSSR count). The highest BCUT2D eigenvalue weighted by molar-refractivity contribution is 5.55. The van der Waals surface area contributed by atoms with Gasteiger partial charge in [0.05, 0.1) is 0 Å². The van der Waals surface area contributed by atoms with Crippen molar-refractivity contribution in [3.63, 3.8) is 0 Å². The summed E-state index contributed by atoms with van der Waals surface area (Å²) < 4.78 is 13.3. The minimum absolute atomic E-state index is 0.124. The Hall–Kier alpha value is -1.09. The normalized spacial score (nSPS) is 21.3. The van der Waals surface area contributed by atoms with E-state index in [-0.39, 0.29) is 11.9 Å². The number of halogens is 1. The van der Waals surface area contributed by atoms with Crippen LogP contribution in [0.2, 0.25) is 0 Å². The first-order valence-corrected chi connectivity index (χ1v) is 6.91. The summed E-state index contributed by atoms with van der Waals surface area (Å²) in [6, 6.07) is 4.87. The zero-order chi connectivity index (χ0) is 13.1. The zero-order valence-electron chi connectivity index (χ0n) is 11.3. The molecule has 0 spiro atoms. The van der Waals surface area contributed by atoms with Gasteiger partial charge in [0.2, 0.25) is 0 Å². The van der Waals surface area contributed by atoms with Gasteiger partial charge < -0.3 is 10.6 Å². The van der Waals surface area contributed by atoms with Gasteiger partial charge in [0.25, 0.3) is 0 Å². The van der Waals surface area contributed by atoms with Gasteiger partial charge in [-0.05, 0) is 49.4 Å². The Bertz CT molecular complexity index is 403. The van der Waals surface area contributed by atoms with Crippen molar-refractivity contribution in [2.24, 2.45) is 11.7 Å². The first-order chi connectivity index (χ1) is 8.61. The van der Waals surface area contributed by atoms with Crippen LogP contribution in [0.15, 0.2) is 18.2 Å². The molecule has 1 aromatic carbocycles. The van der Waals surface area contributed by atoms with Crippen molar-refractivity contribution < 1.29 is 4.39 Å². The van der Waals surface area contributed by atoms with Gasteiger partial charge >= 0.3 is 0 Å². The Morgan fingerprint density at radius 1 is 1.50 bits per heavy atom. The van der Waals surface area contributed by atoms with Gasteiger partial charge in [-0.25, -0.2) is 4.39 Å². The first kappa shape index (κ1) is 13.3. The maximum atomic E-state index is 13.3. The second-order valence-electron chi connectivity index (χ2n) is 5.38. The fraction of sp³-hybridized carbons (Fsp3) is 0.600. The molecule has 1 aromatic rings. The topological polar surface area (TPSA) is 29.3 Å². The Morgan fingerprint density at radius 3 is 2.94 bits per heavy atom. The maximum Gasteiger partial charge on any atom is 0.123 e. The average molecular weight is 250 g/mol. The van der Waals surface area contributed by atoms with Crippen LogP contribution in [0.3, 0.4) is 0 Å². The van der Waals surface area contributed by atoms with E-state index < -0.39 is 0 Å². The molecule has 3 heteroatoms. The molecule has 1 aliphatic heterocycles. The zero-order valence-corrected chi connectivity index (χ0v) is 11.3. The second-order valence-corrected chi connectivity index (χ2v) is 5.38. The SMILES string of the molecule is CCCC1CCN(c2ccc(F)cc2C(C)N)C1. The third-order valence-electron chi connectivity index (χ3n) is 3.80. The van der Waals surface area contributed by atoms with Gasteiger partial charge in [0, 0.05) is 24.8 Å². The maximum absolute atomic E-state index is 13.3. The molecule has 1 heterocycles. The number of anilines is 1. The average Bonchev–Trinajstić information content (AvgIpc) is 2.78. The number of nitrogens with zero attached hydrogens (tertiary/aromatic N) is 1. The minimum Gasteiger partial charge on any atom is -0.371 e. The van der Waals surface area contributed by atoms with E-state index in [1.807, 2.05) is 13.0 Å². The fourth-order valence-electron chi connectivity index (χ4n) is 2.87. The van der Waals surface area contributed by atoms with Crippen molar-refractivity contribution in [3.8, 4) is 0 Å². The van der Waals surface area contributed by atoms with E-state index in [0.29, 0.717) is 0 Å². The van der Waals surface area contributed by atoms with Crippen LogP contribution in [0, 0.1) is 11.7 Å². The van der Waals surface area contributed by atoms with Crippen LogP contribution in [-0.2, 0) is 0 Å². The van der Waals surface area contributed by atoms with Crippen LogP contribution >= 0.6 is 0 Å². The molecule has 100 valence electrons. The lowest BCUT2D eigenvalue weighted by molar-refractivity contribution is 0.529. The highest BCUT2D eigenvalue weighted by Gasteiger charge is 2.24. The highest BCUT2D eigenvalue weighted by Crippen LogP contribution is 2.31. The molecule has 2 atom stereocenters. The molecule has 2 N–H and O–H groups in total. The molecular formula is C15H23FN2. The summed E-state index contributed by atoms with van der Waals surface area (Å²) in [7, 11) is 0. The standard InChI is InChI=1S/C15H23FN2/c1-3-4-12-7-8-18(10-12)15-6-5-13(16)9-14(15)11(2)17/h5-6,9,11-12H,3-4,7-8,10,17H2,1-2H3. The van der Waals surface area contributed by atoms with E-state index in [2.05, 4.69) is 11.8 Å². The van der Waals surface area contributed by atoms with Gasteiger partial charge in [-0.15, -0.1) is 0 Å². The molecule has 18 heavy (non-hydrogen) atoms. The lowest BCUT2D eigenvalue weighted by Gasteiger charge is -2.23. The van der Waals surface area contributed by atoms with Crippen LogP contribution in [-0.4, -0.2) is 13.1 Å². The third-order valence-corrected chi connectivity index (χ3v) is 3.80. The molecule has 0 aromatic heterocycles. The van der Waals surface area contributed by atoms with E-state index in [1.54, 1.807) is 6.07 Å². The molecule has 0 aliphatic carbocycles. The molecule has 0 amide bonds. The Labute approximate surface area is 109 Å². The van der Waals surface area contributed by atoms with Crippen LogP contribution < -0.4 is 10.6 Å². The second kappa shape index (κ2) is 5.70. The summed E-state index contributed by atoms with van der Waals surface area (Å²) in [6.45, 7) is 6.29. The number of benzene rings is 1. The van der Waals surface area contributed by atoms with Gasteiger partial charge in [-0.3, -0.25) is 0 Å². The lowest BCUT2D eigenvalue weighted by atomic mass is 10.0. The molecule has 0 bridgehead atoms. The predicted molar refractivity (Wildman–Crippen MR) is 74.2 cm³/mol. The quantitative estimate of drug-likeness (QED) is 0.886. The summed E-state index contributed by atoms with van der Waals surface area (Å²) in [5, 5.41) is 0. The molecule has 2 nitrogen and oxygen atoms in total. The number of rotatable bonds is 4. The lowest BCUT2D eigenvalue weighted by Crippen LogP contribution is -2.22. The van der Waals surface area contributed by atoms with Gasteiger partial charge in [-0.1, -0.05) is 13.3 Å². The van der Waals surface area contributed by atoms with E-state index in [1.165, 1.54) is 25.3 Å². The van der Waals surface area contributed by atoms with Gasteiger partial charge in [0.15, 0.2) is 0 Å². The Morgan fingerprint density at radius 2 is 2.28 bits per heavy atom. The molecule has 0 radical (unpaired) electrons. The molecule has 2 unspecified atom stereocenters. The summed E-state index contributed by atoms with van der Waals surface area (Å²) in [5.74, 6) is 0.580. The summed E-state index contributed by atoms with van der Waals surface area (Å²) in [4.78, 5) is 2.36. The van der Waals surface area contributed by atoms with Crippen LogP contribution in [0.5, 0.6) is 0 Å². The minimum atomic E-state index is -0.199. The summed E-state index contributed by atoms with van der Waals surface area (Å²) in [6.07, 6.45) is 3.76. The van der Waals surface area contributed by atoms with E-state index in [9.17, 15) is 4.39 Å². The van der Waals surface area contributed by atoms with E-state index in [4.69, 9.17) is 5.73 Å². The molecule has 1 fully saturated rings. The largest absolute Gasteiger partial charge is 0.371 e. The highest BCUT2D eigenvalue weighted by atomic mass is 19.1. The molecule has 0 saturated carbocycles. The van der Waals surface area contributed by atoms with Gasteiger partial charge in [-0.2, -0.15) is 0 Å². The monoisotopic (exact) mass is 250 g/mol. The Balaban J connectivity index is 2.18. The van der Waals surface area contributed by atoms with Gasteiger partial charge in [0.1, 0.15) is 5.82 Å². The van der Waals surface area contributed by atoms with Crippen molar-refractivity contribution in [2.45, 2.75) is 39.2 Å². The molecular weight excluding hydrogens is 227 g/mol. The summed E-state index contributed by atoms with van der Waals surface area (Å²) >= 11 is 0. The third kappa shape index (κ3) is 2.83. The van der Waals surface area contributed by atoms with Crippen molar-refractivity contribution in [2.75, 3.05) is 18.0 Å². The van der Waals surface area contributed by atoms with Crippen molar-refractivity contribution in [1.82, 2.24) is 0 Å². The van der Waals surface area contributed by atoms with Crippen molar-refractivity contribution in [3.05, 3.63) is 29.6 Å². The number of hydrogen-bond acceptors (Lipinski definition) is 2. The van der Waals surface area contributed by atoms with Crippen LogP contribution in [0.25, 0.3) is 0 Å². The predicted octanol–water partition coefficient (Wildman–Crippen LogP) is 3.47. The van der Waals surface area contributed by atoms with E-state index >= 15 is 0 Å². The first-order valence-electron chi connectivity index (χ1n) is 6.91. The smallest absolute Gasteiger partial charge is 0.123 e. The Kier molecular flexibility index (Phi) is 4.23. The van der Waals surface area contributed by atoms with Crippen LogP contribution in [0.1, 0.15) is 44.7 Å². The van der Waals surface area contributed by atoms with Crippen molar-refractivity contribution in [1.29, 1.82) is 0 Å². The molecule has 1 aliphatic rings. The molecule has 1 saturated heterocycles. The number of hydrogen-bond donors (Lipinski definition) is 1. The van der Waals surface area contributed by atoms with Crippen molar-refractivity contribution >= 4 is 5.69 Å².